The zero-order chi connectivity index (χ0) is 25.3. The van der Waals surface area contributed by atoms with Gasteiger partial charge >= 0.3 is 6.36 Å². The van der Waals surface area contributed by atoms with E-state index in [1.54, 1.807) is 17.2 Å². The minimum atomic E-state index is -4.73. The summed E-state index contributed by atoms with van der Waals surface area (Å²) in [6.07, 6.45) is -2.93. The van der Waals surface area contributed by atoms with Gasteiger partial charge in [0.25, 0.3) is 5.91 Å². The van der Waals surface area contributed by atoms with Crippen LogP contribution in [0.15, 0.2) is 42.6 Å². The lowest BCUT2D eigenvalue weighted by Gasteiger charge is -2.41. The molecule has 2 aliphatic rings. The van der Waals surface area contributed by atoms with Crippen LogP contribution in [-0.2, 0) is 19.8 Å². The normalized spacial score (nSPS) is 23.5. The molecule has 1 amide bonds. The van der Waals surface area contributed by atoms with Crippen molar-refractivity contribution in [1.29, 1.82) is 0 Å². The summed E-state index contributed by atoms with van der Waals surface area (Å²) >= 11 is 0. The van der Waals surface area contributed by atoms with Crippen LogP contribution >= 0.6 is 0 Å². The Hall–Kier alpha value is -2.76. The van der Waals surface area contributed by atoms with E-state index in [4.69, 9.17) is 18.9 Å². The molecule has 1 aromatic heterocycles. The highest BCUT2D eigenvalue weighted by Crippen LogP contribution is 2.46. The maximum absolute atomic E-state index is 13.3. The van der Waals surface area contributed by atoms with Crippen LogP contribution in [0.4, 0.5) is 13.2 Å². The van der Waals surface area contributed by atoms with E-state index in [1.165, 1.54) is 19.2 Å². The number of halogens is 3. The third kappa shape index (κ3) is 5.57. The maximum Gasteiger partial charge on any atom is 0.522 e. The van der Waals surface area contributed by atoms with Gasteiger partial charge in [-0.2, -0.15) is 0 Å². The van der Waals surface area contributed by atoms with Crippen LogP contribution in [0.1, 0.15) is 22.5 Å². The topological polar surface area (TPSA) is 79.4 Å². The zero-order valence-electron chi connectivity index (χ0n) is 19.6. The molecule has 0 aliphatic carbocycles. The monoisotopic (exact) mass is 492 g/mol. The van der Waals surface area contributed by atoms with Crippen molar-refractivity contribution >= 4 is 21.6 Å². The summed E-state index contributed by atoms with van der Waals surface area (Å²) in [6.45, 7) is -0.284. The molecule has 35 heavy (non-hydrogen) atoms. The summed E-state index contributed by atoms with van der Waals surface area (Å²) in [5.41, 5.74) is -0.473. The predicted octanol–water partition coefficient (Wildman–Crippen LogP) is 1.04. The number of alkyl halides is 3. The van der Waals surface area contributed by atoms with Crippen molar-refractivity contribution in [2.24, 2.45) is 0 Å². The average Bonchev–Trinajstić information content (AvgIpc) is 3.11. The highest BCUT2D eigenvalue weighted by Gasteiger charge is 2.57. The number of carbonyl (C=O) groups is 1. The number of pyridine rings is 1. The minimum Gasteiger partial charge on any atom is -0.493 e. The first-order chi connectivity index (χ1) is 16.5. The molecular weight excluding hydrogens is 467 g/mol. The number of aromatic nitrogens is 1. The Labute approximate surface area is 202 Å². The van der Waals surface area contributed by atoms with Gasteiger partial charge in [-0.05, 0) is 30.3 Å². The van der Waals surface area contributed by atoms with Crippen LogP contribution in [0.3, 0.4) is 0 Å². The summed E-state index contributed by atoms with van der Waals surface area (Å²) in [5.74, 6) is 0.194. The molecule has 2 aromatic rings. The van der Waals surface area contributed by atoms with Crippen molar-refractivity contribution in [1.82, 2.24) is 9.88 Å². The Morgan fingerprint density at radius 2 is 2.03 bits per heavy atom. The van der Waals surface area contributed by atoms with E-state index >= 15 is 0 Å². The Kier molecular flexibility index (Phi) is 7.03. The fraction of sp³-hybridized carbons (Fsp3) is 0.455. The van der Waals surface area contributed by atoms with E-state index in [0.717, 1.165) is 5.69 Å². The summed E-state index contributed by atoms with van der Waals surface area (Å²) in [6, 6.07) is 10.2. The smallest absolute Gasteiger partial charge is 0.493 e. The van der Waals surface area contributed by atoms with Crippen LogP contribution < -0.4 is 9.47 Å². The van der Waals surface area contributed by atoms with Crippen molar-refractivity contribution in [3.63, 3.8) is 0 Å². The molecule has 2 saturated heterocycles. The Balaban J connectivity index is 1.46. The number of rotatable bonds is 7. The lowest BCUT2D eigenvalue weighted by molar-refractivity contribution is -0.325. The second-order valence-electron chi connectivity index (χ2n) is 8.72. The number of carbonyl (C=O) groups excluding carboxylic acids is 1. The number of fused-ring (bicyclic) bond motifs is 1. The number of piperidine rings is 1. The number of hydrogen-bond acceptors (Lipinski definition) is 7. The molecule has 2 atom stereocenters. The van der Waals surface area contributed by atoms with Gasteiger partial charge in [-0.3, -0.25) is 14.5 Å². The summed E-state index contributed by atoms with van der Waals surface area (Å²) < 4.78 is 63.2. The van der Waals surface area contributed by atoms with E-state index in [2.05, 4.69) is 9.72 Å². The van der Waals surface area contributed by atoms with Crippen molar-refractivity contribution in [2.45, 2.75) is 30.1 Å². The second kappa shape index (κ2) is 9.71. The maximum atomic E-state index is 13.3. The molecule has 0 unspecified atom stereocenters. The molecule has 13 heteroatoms. The van der Waals surface area contributed by atoms with Gasteiger partial charge in [-0.25, -0.2) is 0 Å². The van der Waals surface area contributed by atoms with Crippen LogP contribution in [0.5, 0.6) is 11.5 Å². The summed E-state index contributed by atoms with van der Waals surface area (Å²) in [5, 5.41) is 0. The van der Waals surface area contributed by atoms with Crippen LogP contribution in [0.2, 0.25) is 0 Å². The molecule has 0 saturated carbocycles. The number of ether oxygens (including phenoxy) is 5. The second-order valence-corrected chi connectivity index (χ2v) is 8.72. The van der Waals surface area contributed by atoms with Gasteiger partial charge in [0, 0.05) is 24.7 Å². The van der Waals surface area contributed by atoms with Crippen molar-refractivity contribution in [2.75, 3.05) is 33.4 Å². The van der Waals surface area contributed by atoms with Gasteiger partial charge < -0.3 is 23.8 Å². The van der Waals surface area contributed by atoms with Crippen LogP contribution in [0.25, 0.3) is 0 Å². The number of nitrogens with zero attached hydrogens (tertiary/aromatic N) is 2. The predicted molar refractivity (Wildman–Crippen MR) is 123 cm³/mol. The Morgan fingerprint density at radius 3 is 2.71 bits per heavy atom. The molecule has 0 spiro atoms. The lowest BCUT2D eigenvalue weighted by atomic mass is 9.76. The van der Waals surface area contributed by atoms with Gasteiger partial charge in [0.2, 0.25) is 0 Å². The molecule has 0 radical (unpaired) electrons. The SMILES string of the molecule is BC1(B)O[C@@H]2CN(C(=O)c3ccc(OCCOC(F)(F)F)c(OC)c3)CC[C@]2(c2ccccn2)O1. The van der Waals surface area contributed by atoms with Crippen molar-refractivity contribution in [3.05, 3.63) is 53.9 Å². The molecular formula is C22H25B2F3N2O6. The number of likely N-dealkylation sites (tertiary alicyclic amines) is 1. The Bertz CT molecular complexity index is 1060. The minimum absolute atomic E-state index is 0.205. The van der Waals surface area contributed by atoms with E-state index in [9.17, 15) is 18.0 Å². The van der Waals surface area contributed by atoms with Crippen molar-refractivity contribution in [3.8, 4) is 11.5 Å². The van der Waals surface area contributed by atoms with Gasteiger partial charge in [-0.1, -0.05) is 6.07 Å². The number of amides is 1. The van der Waals surface area contributed by atoms with Crippen LogP contribution in [-0.4, -0.2) is 82.9 Å². The lowest BCUT2D eigenvalue weighted by Crippen LogP contribution is -2.53. The number of methoxy groups -OCH3 is 1. The molecule has 1 aromatic carbocycles. The van der Waals surface area contributed by atoms with Gasteiger partial charge in [0.05, 0.1) is 31.5 Å². The van der Waals surface area contributed by atoms with Gasteiger partial charge in [-0.15, -0.1) is 13.2 Å². The number of hydrogen-bond donors (Lipinski definition) is 0. The largest absolute Gasteiger partial charge is 0.522 e. The summed E-state index contributed by atoms with van der Waals surface area (Å²) in [7, 11) is 5.06. The van der Waals surface area contributed by atoms with E-state index in [0.29, 0.717) is 25.1 Å². The number of benzene rings is 1. The fourth-order valence-corrected chi connectivity index (χ4v) is 4.51. The third-order valence-electron chi connectivity index (χ3n) is 5.92. The third-order valence-corrected chi connectivity index (χ3v) is 5.92. The van der Waals surface area contributed by atoms with E-state index < -0.39 is 30.3 Å². The van der Waals surface area contributed by atoms with Crippen molar-refractivity contribution < 1.29 is 41.7 Å². The molecule has 8 nitrogen and oxygen atoms in total. The molecule has 4 rings (SSSR count). The standard InChI is InChI=1S/C22H25B2F3N2O6/c1-31-16-12-14(5-6-15(16)32-10-11-33-22(25,26)27)19(30)29-9-7-20(17-4-2-3-8-28-17)18(13-29)34-21(23,24)35-20/h2-6,8,12,18H,7,9-11,13,23-24H2,1H3/t18-,20-/m1/s1. The van der Waals surface area contributed by atoms with Gasteiger partial charge in [0.15, 0.2) is 27.2 Å². The fourth-order valence-electron chi connectivity index (χ4n) is 4.51. The van der Waals surface area contributed by atoms with Gasteiger partial charge in [0.1, 0.15) is 18.3 Å². The molecule has 186 valence electrons. The first kappa shape index (κ1) is 25.3. The van der Waals surface area contributed by atoms with E-state index in [-0.39, 0.29) is 24.0 Å². The molecule has 2 aliphatic heterocycles. The molecule has 3 heterocycles. The molecule has 2 fully saturated rings. The quantitative estimate of drug-likeness (QED) is 0.423. The zero-order valence-corrected chi connectivity index (χ0v) is 19.6. The average molecular weight is 492 g/mol. The molecule has 0 bridgehead atoms. The highest BCUT2D eigenvalue weighted by molar-refractivity contribution is 6.38. The van der Waals surface area contributed by atoms with E-state index in [1.807, 2.05) is 33.9 Å². The Morgan fingerprint density at radius 1 is 1.23 bits per heavy atom. The summed E-state index contributed by atoms with van der Waals surface area (Å²) in [4.78, 5) is 19.5. The first-order valence-electron chi connectivity index (χ1n) is 11.1. The van der Waals surface area contributed by atoms with Crippen LogP contribution in [0, 0.1) is 0 Å². The highest BCUT2D eigenvalue weighted by atomic mass is 19.4. The molecule has 0 N–H and O–H groups in total. The first-order valence-corrected chi connectivity index (χ1v) is 11.1.